The number of carbonyl (C=O) groups excluding carboxylic acids is 1. The van der Waals surface area contributed by atoms with E-state index < -0.39 is 0 Å². The van der Waals surface area contributed by atoms with Gasteiger partial charge in [0.2, 0.25) is 0 Å². The SMILES string of the molecule is COc1ccc(CCNC(=O)c2ccccc2SCc2cscn2)cc1. The zero-order valence-electron chi connectivity index (χ0n) is 14.5. The first-order valence-electron chi connectivity index (χ1n) is 8.26. The van der Waals surface area contributed by atoms with Gasteiger partial charge in [-0.25, -0.2) is 4.98 Å². The van der Waals surface area contributed by atoms with Crippen LogP contribution in [0.2, 0.25) is 0 Å². The van der Waals surface area contributed by atoms with Crippen molar-refractivity contribution in [1.29, 1.82) is 0 Å². The van der Waals surface area contributed by atoms with Crippen molar-refractivity contribution in [3.8, 4) is 5.75 Å². The zero-order chi connectivity index (χ0) is 18.2. The van der Waals surface area contributed by atoms with Crippen LogP contribution < -0.4 is 10.1 Å². The van der Waals surface area contributed by atoms with Crippen LogP contribution in [0.1, 0.15) is 21.6 Å². The summed E-state index contributed by atoms with van der Waals surface area (Å²) in [6.07, 6.45) is 0.782. The third kappa shape index (κ3) is 5.09. The molecule has 0 radical (unpaired) electrons. The highest BCUT2D eigenvalue weighted by Crippen LogP contribution is 2.26. The fourth-order valence-electron chi connectivity index (χ4n) is 2.45. The third-order valence-corrected chi connectivity index (χ3v) is 5.59. The summed E-state index contributed by atoms with van der Waals surface area (Å²) in [5.74, 6) is 1.56. The Kier molecular flexibility index (Phi) is 6.68. The summed E-state index contributed by atoms with van der Waals surface area (Å²) in [5.41, 5.74) is 4.74. The zero-order valence-corrected chi connectivity index (χ0v) is 16.1. The van der Waals surface area contributed by atoms with E-state index in [1.807, 2.05) is 59.4 Å². The number of benzene rings is 2. The summed E-state index contributed by atoms with van der Waals surface area (Å²) in [5, 5.41) is 5.04. The molecule has 4 nitrogen and oxygen atoms in total. The van der Waals surface area contributed by atoms with E-state index in [4.69, 9.17) is 4.74 Å². The topological polar surface area (TPSA) is 51.2 Å². The fourth-order valence-corrected chi connectivity index (χ4v) is 4.06. The molecule has 0 unspecified atom stereocenters. The Balaban J connectivity index is 1.55. The molecule has 1 N–H and O–H groups in total. The molecular formula is C20H20N2O2S2. The molecule has 0 saturated heterocycles. The second-order valence-corrected chi connectivity index (χ2v) is 7.35. The Morgan fingerprint density at radius 2 is 2.00 bits per heavy atom. The first-order valence-corrected chi connectivity index (χ1v) is 10.2. The van der Waals surface area contributed by atoms with Crippen molar-refractivity contribution < 1.29 is 9.53 Å². The number of nitrogens with zero attached hydrogens (tertiary/aromatic N) is 1. The van der Waals surface area contributed by atoms with Gasteiger partial charge >= 0.3 is 0 Å². The summed E-state index contributed by atoms with van der Waals surface area (Å²) >= 11 is 3.22. The predicted molar refractivity (Wildman–Crippen MR) is 107 cm³/mol. The van der Waals surface area contributed by atoms with Crippen LogP contribution in [-0.4, -0.2) is 24.5 Å². The summed E-state index contributed by atoms with van der Waals surface area (Å²) in [6.45, 7) is 0.594. The molecule has 1 amide bonds. The van der Waals surface area contributed by atoms with Crippen molar-refractivity contribution in [2.24, 2.45) is 0 Å². The van der Waals surface area contributed by atoms with E-state index >= 15 is 0 Å². The highest BCUT2D eigenvalue weighted by Gasteiger charge is 2.11. The molecule has 0 spiro atoms. The minimum atomic E-state index is -0.0418. The van der Waals surface area contributed by atoms with Gasteiger partial charge in [-0.15, -0.1) is 23.1 Å². The number of hydrogen-bond donors (Lipinski definition) is 1. The molecule has 3 rings (SSSR count). The van der Waals surface area contributed by atoms with Gasteiger partial charge in [-0.3, -0.25) is 4.79 Å². The van der Waals surface area contributed by atoms with Crippen molar-refractivity contribution >= 4 is 29.0 Å². The van der Waals surface area contributed by atoms with Gasteiger partial charge in [0.05, 0.1) is 23.9 Å². The van der Waals surface area contributed by atoms with Crippen molar-refractivity contribution in [3.63, 3.8) is 0 Å². The number of methoxy groups -OCH3 is 1. The normalized spacial score (nSPS) is 10.5. The van der Waals surface area contributed by atoms with Gasteiger partial charge in [0, 0.05) is 22.6 Å². The number of rotatable bonds is 8. The monoisotopic (exact) mass is 384 g/mol. The highest BCUT2D eigenvalue weighted by atomic mass is 32.2. The Labute approximate surface area is 161 Å². The quantitative estimate of drug-likeness (QED) is 0.584. The standard InChI is InChI=1S/C20H20N2O2S2/c1-24-17-8-6-15(7-9-17)10-11-21-20(23)18-4-2-3-5-19(18)26-13-16-12-25-14-22-16/h2-9,12,14H,10-11,13H2,1H3,(H,21,23). The lowest BCUT2D eigenvalue weighted by molar-refractivity contribution is 0.0951. The number of ether oxygens (including phenoxy) is 1. The second kappa shape index (κ2) is 9.40. The van der Waals surface area contributed by atoms with Crippen molar-refractivity contribution in [1.82, 2.24) is 10.3 Å². The van der Waals surface area contributed by atoms with Gasteiger partial charge in [0.1, 0.15) is 5.75 Å². The van der Waals surface area contributed by atoms with E-state index in [2.05, 4.69) is 10.3 Å². The summed E-state index contributed by atoms with van der Waals surface area (Å²) in [4.78, 5) is 17.8. The fraction of sp³-hybridized carbons (Fsp3) is 0.200. The Morgan fingerprint density at radius 3 is 2.73 bits per heavy atom. The molecule has 3 aromatic rings. The Morgan fingerprint density at radius 1 is 1.19 bits per heavy atom. The van der Waals surface area contributed by atoms with Gasteiger partial charge in [-0.2, -0.15) is 0 Å². The number of nitrogens with one attached hydrogen (secondary N) is 1. The van der Waals surface area contributed by atoms with Crippen LogP contribution in [-0.2, 0) is 12.2 Å². The molecule has 26 heavy (non-hydrogen) atoms. The summed E-state index contributed by atoms with van der Waals surface area (Å²) in [6, 6.07) is 15.6. The molecule has 0 atom stereocenters. The van der Waals surface area contributed by atoms with Gasteiger partial charge in [-0.1, -0.05) is 24.3 Å². The first-order chi connectivity index (χ1) is 12.8. The Hall–Kier alpha value is -2.31. The maximum atomic E-state index is 12.6. The van der Waals surface area contributed by atoms with Crippen molar-refractivity contribution in [2.75, 3.05) is 13.7 Å². The largest absolute Gasteiger partial charge is 0.497 e. The first kappa shape index (κ1) is 18.5. The summed E-state index contributed by atoms with van der Waals surface area (Å²) < 4.78 is 5.16. The number of thioether (sulfide) groups is 1. The molecule has 1 aromatic heterocycles. The van der Waals surface area contributed by atoms with Crippen molar-refractivity contribution in [3.05, 3.63) is 76.2 Å². The molecule has 0 saturated carbocycles. The van der Waals surface area contributed by atoms with Crippen LogP contribution in [0.3, 0.4) is 0 Å². The molecule has 0 aliphatic rings. The number of hydrogen-bond acceptors (Lipinski definition) is 5. The van der Waals surface area contributed by atoms with Gasteiger partial charge in [-0.05, 0) is 36.2 Å². The number of carbonyl (C=O) groups is 1. The smallest absolute Gasteiger partial charge is 0.252 e. The van der Waals surface area contributed by atoms with E-state index in [1.54, 1.807) is 30.2 Å². The maximum absolute atomic E-state index is 12.6. The second-order valence-electron chi connectivity index (χ2n) is 5.62. The molecule has 6 heteroatoms. The summed E-state index contributed by atoms with van der Waals surface area (Å²) in [7, 11) is 1.65. The van der Waals surface area contributed by atoms with Crippen LogP contribution in [0.5, 0.6) is 5.75 Å². The average Bonchev–Trinajstić information content (AvgIpc) is 3.20. The van der Waals surface area contributed by atoms with Crippen molar-refractivity contribution in [2.45, 2.75) is 17.1 Å². The third-order valence-electron chi connectivity index (χ3n) is 3.85. The molecule has 0 bridgehead atoms. The minimum Gasteiger partial charge on any atom is -0.497 e. The van der Waals surface area contributed by atoms with E-state index in [0.29, 0.717) is 12.1 Å². The molecule has 0 fully saturated rings. The Bertz CT molecular complexity index is 833. The average molecular weight is 385 g/mol. The van der Waals surface area contributed by atoms with E-state index in [1.165, 1.54) is 0 Å². The minimum absolute atomic E-state index is 0.0418. The van der Waals surface area contributed by atoms with Gasteiger partial charge in [0.15, 0.2) is 0 Å². The number of aromatic nitrogens is 1. The predicted octanol–water partition coefficient (Wildman–Crippen LogP) is 4.42. The molecule has 134 valence electrons. The van der Waals surface area contributed by atoms with Crippen LogP contribution in [0, 0.1) is 0 Å². The highest BCUT2D eigenvalue weighted by molar-refractivity contribution is 7.98. The molecule has 2 aromatic carbocycles. The van der Waals surface area contributed by atoms with Crippen LogP contribution >= 0.6 is 23.1 Å². The van der Waals surface area contributed by atoms with Crippen LogP contribution in [0.15, 0.2) is 64.3 Å². The molecule has 1 heterocycles. The van der Waals surface area contributed by atoms with Crippen LogP contribution in [0.25, 0.3) is 0 Å². The molecule has 0 aliphatic heterocycles. The lowest BCUT2D eigenvalue weighted by atomic mass is 10.1. The lowest BCUT2D eigenvalue weighted by Crippen LogP contribution is -2.26. The number of thiazole rings is 1. The van der Waals surface area contributed by atoms with E-state index in [0.717, 1.165) is 34.1 Å². The van der Waals surface area contributed by atoms with Gasteiger partial charge < -0.3 is 10.1 Å². The maximum Gasteiger partial charge on any atom is 0.252 e. The molecular weight excluding hydrogens is 364 g/mol. The van der Waals surface area contributed by atoms with Gasteiger partial charge in [0.25, 0.3) is 5.91 Å². The van der Waals surface area contributed by atoms with E-state index in [9.17, 15) is 4.79 Å². The molecule has 0 aliphatic carbocycles. The van der Waals surface area contributed by atoms with E-state index in [-0.39, 0.29) is 5.91 Å². The number of amides is 1. The van der Waals surface area contributed by atoms with Crippen LogP contribution in [0.4, 0.5) is 0 Å². The lowest BCUT2D eigenvalue weighted by Gasteiger charge is -2.10.